The van der Waals surface area contributed by atoms with E-state index in [4.69, 9.17) is 5.73 Å². The summed E-state index contributed by atoms with van der Waals surface area (Å²) >= 11 is 0. The molecule has 2 aromatic carbocycles. The van der Waals surface area contributed by atoms with Gasteiger partial charge in [-0.25, -0.2) is 0 Å². The largest absolute Gasteiger partial charge is 0.397 e. The van der Waals surface area contributed by atoms with Gasteiger partial charge in [-0.2, -0.15) is 0 Å². The number of hydrogen-bond acceptors (Lipinski definition) is 1. The molecule has 1 aromatic heterocycles. The molecular weight excluding hydrogens is 208 g/mol. The average Bonchev–Trinajstić information content (AvgIpc) is 2.59. The van der Waals surface area contributed by atoms with Crippen LogP contribution in [0.2, 0.25) is 0 Å². The fourth-order valence-corrected chi connectivity index (χ4v) is 1.90. The van der Waals surface area contributed by atoms with Crippen LogP contribution in [0, 0.1) is 0 Å². The minimum absolute atomic E-state index is 0. The van der Waals surface area contributed by atoms with Crippen molar-refractivity contribution in [3.8, 4) is 0 Å². The number of para-hydroxylation sites is 2. The molecule has 0 unspecified atom stereocenters. The first-order valence-corrected chi connectivity index (χ1v) is 4.61. The van der Waals surface area contributed by atoms with Crippen molar-refractivity contribution >= 4 is 39.9 Å². The van der Waals surface area contributed by atoms with Crippen LogP contribution < -0.4 is 5.73 Å². The Bertz CT molecular complexity index is 613. The maximum absolute atomic E-state index is 5.89. The van der Waals surface area contributed by atoms with E-state index in [1.165, 1.54) is 10.8 Å². The predicted molar refractivity (Wildman–Crippen MR) is 67.5 cm³/mol. The highest BCUT2D eigenvalue weighted by molar-refractivity contribution is 6.10. The van der Waals surface area contributed by atoms with Gasteiger partial charge in [-0.3, -0.25) is 0 Å². The monoisotopic (exact) mass is 218 g/mol. The number of fused-ring (bicyclic) bond motifs is 3. The minimum Gasteiger partial charge on any atom is -0.397 e. The Morgan fingerprint density at radius 3 is 2.47 bits per heavy atom. The summed E-state index contributed by atoms with van der Waals surface area (Å²) in [5.74, 6) is 0. The third-order valence-electron chi connectivity index (χ3n) is 2.57. The molecule has 0 atom stereocenters. The standard InChI is InChI=1S/C12H10N2.ClH/c13-10-6-3-5-9-8-4-1-2-7-11(8)14-12(9)10;/h1-7,14H,13H2;1H. The number of hydrogen-bond donors (Lipinski definition) is 2. The van der Waals surface area contributed by atoms with Crippen LogP contribution in [0.15, 0.2) is 42.5 Å². The Hall–Kier alpha value is -1.67. The lowest BCUT2D eigenvalue weighted by molar-refractivity contribution is 1.54. The first-order chi connectivity index (χ1) is 6.86. The molecule has 2 nitrogen and oxygen atoms in total. The second-order valence-electron chi connectivity index (χ2n) is 3.44. The Labute approximate surface area is 93.5 Å². The van der Waals surface area contributed by atoms with Crippen molar-refractivity contribution in [1.82, 2.24) is 4.98 Å². The van der Waals surface area contributed by atoms with Gasteiger partial charge in [-0.1, -0.05) is 30.3 Å². The van der Waals surface area contributed by atoms with Gasteiger partial charge in [-0.05, 0) is 12.1 Å². The maximum Gasteiger partial charge on any atom is 0.0698 e. The van der Waals surface area contributed by atoms with E-state index >= 15 is 0 Å². The summed E-state index contributed by atoms with van der Waals surface area (Å²) in [5.41, 5.74) is 8.87. The number of nitrogens with two attached hydrogens (primary N) is 1. The van der Waals surface area contributed by atoms with Crippen molar-refractivity contribution in [3.63, 3.8) is 0 Å². The fourth-order valence-electron chi connectivity index (χ4n) is 1.90. The topological polar surface area (TPSA) is 41.8 Å². The second kappa shape index (κ2) is 3.48. The number of anilines is 1. The molecule has 76 valence electrons. The van der Waals surface area contributed by atoms with E-state index < -0.39 is 0 Å². The number of H-pyrrole nitrogens is 1. The van der Waals surface area contributed by atoms with Gasteiger partial charge in [0.05, 0.1) is 11.2 Å². The lowest BCUT2D eigenvalue weighted by Crippen LogP contribution is -1.84. The lowest BCUT2D eigenvalue weighted by atomic mass is 10.1. The molecule has 0 radical (unpaired) electrons. The highest BCUT2D eigenvalue weighted by atomic mass is 35.5. The molecule has 0 saturated carbocycles. The lowest BCUT2D eigenvalue weighted by Gasteiger charge is -1.93. The number of nitrogens with one attached hydrogen (secondary N) is 1. The number of halogens is 1. The summed E-state index contributed by atoms with van der Waals surface area (Å²) in [4.78, 5) is 3.32. The molecule has 0 bridgehead atoms. The van der Waals surface area contributed by atoms with Gasteiger partial charge in [0.25, 0.3) is 0 Å². The zero-order valence-electron chi connectivity index (χ0n) is 8.03. The number of aromatic amines is 1. The second-order valence-corrected chi connectivity index (χ2v) is 3.44. The first-order valence-electron chi connectivity index (χ1n) is 4.61. The van der Waals surface area contributed by atoms with Gasteiger partial charge in [0.1, 0.15) is 0 Å². The number of aromatic nitrogens is 1. The predicted octanol–water partition coefficient (Wildman–Crippen LogP) is 3.33. The molecule has 0 aliphatic carbocycles. The summed E-state index contributed by atoms with van der Waals surface area (Å²) in [5, 5.41) is 2.43. The van der Waals surface area contributed by atoms with Crippen LogP contribution in [0.3, 0.4) is 0 Å². The third kappa shape index (κ3) is 1.34. The van der Waals surface area contributed by atoms with Crippen molar-refractivity contribution in [1.29, 1.82) is 0 Å². The molecule has 0 spiro atoms. The van der Waals surface area contributed by atoms with Gasteiger partial charge in [0.15, 0.2) is 0 Å². The highest BCUT2D eigenvalue weighted by Crippen LogP contribution is 2.28. The summed E-state index contributed by atoms with van der Waals surface area (Å²) in [6.45, 7) is 0. The molecule has 0 fully saturated rings. The smallest absolute Gasteiger partial charge is 0.0698 e. The van der Waals surface area contributed by atoms with Crippen LogP contribution in [0.25, 0.3) is 21.8 Å². The van der Waals surface area contributed by atoms with Crippen LogP contribution in [-0.4, -0.2) is 4.98 Å². The van der Waals surface area contributed by atoms with Crippen LogP contribution in [-0.2, 0) is 0 Å². The molecule has 15 heavy (non-hydrogen) atoms. The van der Waals surface area contributed by atoms with E-state index in [-0.39, 0.29) is 12.4 Å². The summed E-state index contributed by atoms with van der Waals surface area (Å²) in [7, 11) is 0. The summed E-state index contributed by atoms with van der Waals surface area (Å²) in [6.07, 6.45) is 0. The van der Waals surface area contributed by atoms with Gasteiger partial charge in [0, 0.05) is 16.3 Å². The van der Waals surface area contributed by atoms with Gasteiger partial charge < -0.3 is 10.7 Å². The Balaban J connectivity index is 0.000000853. The number of benzene rings is 2. The number of rotatable bonds is 0. The fraction of sp³-hybridized carbons (Fsp3) is 0. The normalized spacial score (nSPS) is 10.4. The quantitative estimate of drug-likeness (QED) is 0.559. The first kappa shape index (κ1) is 9.87. The molecule has 1 heterocycles. The van der Waals surface area contributed by atoms with Crippen LogP contribution in [0.5, 0.6) is 0 Å². The molecule has 3 aromatic rings. The molecule has 0 amide bonds. The maximum atomic E-state index is 5.89. The minimum atomic E-state index is 0. The van der Waals surface area contributed by atoms with E-state index in [9.17, 15) is 0 Å². The van der Waals surface area contributed by atoms with Crippen molar-refractivity contribution < 1.29 is 0 Å². The van der Waals surface area contributed by atoms with E-state index in [1.807, 2.05) is 24.3 Å². The van der Waals surface area contributed by atoms with E-state index in [0.29, 0.717) is 0 Å². The van der Waals surface area contributed by atoms with Crippen LogP contribution in [0.1, 0.15) is 0 Å². The molecule has 3 rings (SSSR count). The summed E-state index contributed by atoms with van der Waals surface area (Å²) < 4.78 is 0. The molecule has 0 saturated heterocycles. The third-order valence-corrected chi connectivity index (χ3v) is 2.57. The van der Waals surface area contributed by atoms with E-state index in [1.54, 1.807) is 0 Å². The molecule has 3 heteroatoms. The Kier molecular flexibility index (Phi) is 2.29. The van der Waals surface area contributed by atoms with E-state index in [0.717, 1.165) is 16.7 Å². The zero-order valence-corrected chi connectivity index (χ0v) is 8.84. The molecule has 0 aliphatic rings. The Morgan fingerprint density at radius 1 is 0.867 bits per heavy atom. The zero-order chi connectivity index (χ0) is 9.54. The van der Waals surface area contributed by atoms with Gasteiger partial charge >= 0.3 is 0 Å². The molecule has 0 aliphatic heterocycles. The molecule has 3 N–H and O–H groups in total. The van der Waals surface area contributed by atoms with Gasteiger partial charge in [0.2, 0.25) is 0 Å². The molecular formula is C12H11ClN2. The van der Waals surface area contributed by atoms with Gasteiger partial charge in [-0.15, -0.1) is 12.4 Å². The van der Waals surface area contributed by atoms with Crippen LogP contribution in [0.4, 0.5) is 5.69 Å². The van der Waals surface area contributed by atoms with Crippen molar-refractivity contribution in [2.75, 3.05) is 5.73 Å². The van der Waals surface area contributed by atoms with Crippen molar-refractivity contribution in [2.45, 2.75) is 0 Å². The average molecular weight is 219 g/mol. The van der Waals surface area contributed by atoms with Crippen molar-refractivity contribution in [2.24, 2.45) is 0 Å². The number of nitrogen functional groups attached to an aromatic ring is 1. The van der Waals surface area contributed by atoms with E-state index in [2.05, 4.69) is 23.2 Å². The SMILES string of the molecule is Cl.Nc1cccc2c1[nH]c1ccccc12. The Morgan fingerprint density at radius 2 is 1.60 bits per heavy atom. The highest BCUT2D eigenvalue weighted by Gasteiger charge is 2.04. The summed E-state index contributed by atoms with van der Waals surface area (Å²) in [6, 6.07) is 14.2. The van der Waals surface area contributed by atoms with Crippen molar-refractivity contribution in [3.05, 3.63) is 42.5 Å². The van der Waals surface area contributed by atoms with Crippen LogP contribution >= 0.6 is 12.4 Å².